The van der Waals surface area contributed by atoms with E-state index in [4.69, 9.17) is 0 Å². The number of hydrogen-bond donors (Lipinski definition) is 1. The Morgan fingerprint density at radius 1 is 1.06 bits per heavy atom. The Kier molecular flexibility index (Phi) is 2.65. The molecule has 0 aliphatic heterocycles. The molecule has 0 amide bonds. The largest absolute Gasteiger partial charge is 0.293 e. The van der Waals surface area contributed by atoms with Crippen molar-refractivity contribution in [3.05, 3.63) is 48.0 Å². The lowest BCUT2D eigenvalue weighted by Crippen LogP contribution is -1.99. The van der Waals surface area contributed by atoms with Crippen LogP contribution in [0.1, 0.15) is 10.4 Å². The number of carbonyl (C=O) groups is 1. The number of carbonyl (C=O) groups excluding carboxylic acids is 1. The molecule has 3 heteroatoms. The first kappa shape index (κ1) is 10.8. The van der Waals surface area contributed by atoms with E-state index in [0.29, 0.717) is 0 Å². The van der Waals surface area contributed by atoms with Crippen LogP contribution in [0.15, 0.2) is 42.5 Å². The van der Waals surface area contributed by atoms with Crippen molar-refractivity contribution in [1.82, 2.24) is 0 Å². The van der Waals surface area contributed by atoms with Crippen molar-refractivity contribution < 1.29 is 4.79 Å². The highest BCUT2D eigenvalue weighted by Crippen LogP contribution is 2.35. The van der Waals surface area contributed by atoms with E-state index < -0.39 is 0 Å². The van der Waals surface area contributed by atoms with Crippen LogP contribution in [0.5, 0.6) is 0 Å². The number of fused-ring (bicyclic) bond motifs is 3. The van der Waals surface area contributed by atoms with Crippen LogP contribution in [0.4, 0.5) is 0 Å². The number of rotatable bonds is 2. The Hall–Kier alpha value is -1.32. The molecule has 1 nitrogen and oxygen atoms in total. The second-order valence-electron chi connectivity index (χ2n) is 3.86. The van der Waals surface area contributed by atoms with Gasteiger partial charge in [-0.25, -0.2) is 0 Å². The van der Waals surface area contributed by atoms with Crippen LogP contribution in [0, 0.1) is 0 Å². The van der Waals surface area contributed by atoms with Gasteiger partial charge in [0.2, 0.25) is 0 Å². The predicted octanol–water partition coefficient (Wildman–Crippen LogP) is 4.17. The Morgan fingerprint density at radius 2 is 1.82 bits per heavy atom. The summed E-state index contributed by atoms with van der Waals surface area (Å²) in [5.41, 5.74) is 0.790. The topological polar surface area (TPSA) is 17.1 Å². The summed E-state index contributed by atoms with van der Waals surface area (Å²) in [6.45, 7) is 0. The van der Waals surface area contributed by atoms with Crippen LogP contribution in [0.2, 0.25) is 0 Å². The quantitative estimate of drug-likeness (QED) is 0.539. The van der Waals surface area contributed by atoms with Gasteiger partial charge >= 0.3 is 0 Å². The van der Waals surface area contributed by atoms with Crippen LogP contribution in [0.25, 0.3) is 20.2 Å². The monoisotopic (exact) mass is 258 g/mol. The third kappa shape index (κ3) is 1.66. The molecule has 0 N–H and O–H groups in total. The lowest BCUT2D eigenvalue weighted by Gasteiger charge is -1.98. The van der Waals surface area contributed by atoms with Crippen molar-refractivity contribution in [2.75, 3.05) is 5.75 Å². The Labute approximate surface area is 108 Å². The normalized spacial score (nSPS) is 11.1. The van der Waals surface area contributed by atoms with Gasteiger partial charge in [0.15, 0.2) is 5.78 Å². The standard InChI is InChI=1S/C14H10OS2/c15-12(8-16)11-6-3-5-10-9-4-1-2-7-13(9)17-14(10)11/h1-7,16H,8H2. The first-order valence-electron chi connectivity index (χ1n) is 5.35. The molecule has 3 rings (SSSR count). The third-order valence-corrected chi connectivity index (χ3v) is 4.36. The Bertz CT molecular complexity index is 712. The maximum absolute atomic E-state index is 11.8. The molecule has 0 atom stereocenters. The van der Waals surface area contributed by atoms with Gasteiger partial charge in [0, 0.05) is 25.7 Å². The molecule has 1 aromatic heterocycles. The molecule has 3 aromatic rings. The molecule has 0 radical (unpaired) electrons. The van der Waals surface area contributed by atoms with Gasteiger partial charge in [0.25, 0.3) is 0 Å². The number of Topliss-reactive ketones (excluding diaryl/α,β-unsaturated/α-hetero) is 1. The molecular weight excluding hydrogens is 248 g/mol. The van der Waals surface area contributed by atoms with E-state index >= 15 is 0 Å². The first-order chi connectivity index (χ1) is 8.31. The first-order valence-corrected chi connectivity index (χ1v) is 6.80. The van der Waals surface area contributed by atoms with E-state index in [1.165, 1.54) is 15.5 Å². The summed E-state index contributed by atoms with van der Waals surface area (Å²) < 4.78 is 2.30. The zero-order chi connectivity index (χ0) is 11.8. The number of thiophene rings is 1. The minimum absolute atomic E-state index is 0.0884. The summed E-state index contributed by atoms with van der Waals surface area (Å²) in [6, 6.07) is 14.1. The van der Waals surface area contributed by atoms with Crippen LogP contribution in [0.3, 0.4) is 0 Å². The number of benzene rings is 2. The third-order valence-electron chi connectivity index (χ3n) is 2.85. The van der Waals surface area contributed by atoms with Crippen LogP contribution in [-0.4, -0.2) is 11.5 Å². The van der Waals surface area contributed by atoms with E-state index in [1.807, 2.05) is 24.3 Å². The van der Waals surface area contributed by atoms with Gasteiger partial charge < -0.3 is 0 Å². The summed E-state index contributed by atoms with van der Waals surface area (Å²) >= 11 is 5.75. The maximum atomic E-state index is 11.8. The van der Waals surface area contributed by atoms with Gasteiger partial charge in [0.1, 0.15) is 0 Å². The van der Waals surface area contributed by atoms with E-state index in [0.717, 1.165) is 10.3 Å². The van der Waals surface area contributed by atoms with Crippen LogP contribution >= 0.6 is 24.0 Å². The van der Waals surface area contributed by atoms with E-state index in [9.17, 15) is 4.79 Å². The van der Waals surface area contributed by atoms with E-state index in [-0.39, 0.29) is 11.5 Å². The van der Waals surface area contributed by atoms with Crippen molar-refractivity contribution >= 4 is 49.9 Å². The molecule has 1 heterocycles. The molecular formula is C14H10OS2. The summed E-state index contributed by atoms with van der Waals surface area (Å²) in [6.07, 6.45) is 0. The van der Waals surface area contributed by atoms with Crippen LogP contribution < -0.4 is 0 Å². The maximum Gasteiger partial charge on any atom is 0.173 e. The fourth-order valence-corrected chi connectivity index (χ4v) is 3.46. The average Bonchev–Trinajstić information content (AvgIpc) is 2.76. The highest BCUT2D eigenvalue weighted by Gasteiger charge is 2.12. The molecule has 0 fully saturated rings. The number of thiol groups is 1. The molecule has 2 aromatic carbocycles. The summed E-state index contributed by atoms with van der Waals surface area (Å²) in [4.78, 5) is 11.8. The SMILES string of the molecule is O=C(CS)c1cccc2c1sc1ccccc12. The number of hydrogen-bond acceptors (Lipinski definition) is 3. The molecule has 0 saturated heterocycles. The van der Waals surface area contributed by atoms with E-state index in [2.05, 4.69) is 30.8 Å². The zero-order valence-electron chi connectivity index (χ0n) is 9.01. The Balaban J connectivity index is 2.43. The minimum Gasteiger partial charge on any atom is -0.293 e. The van der Waals surface area contributed by atoms with Crippen molar-refractivity contribution in [2.45, 2.75) is 0 Å². The van der Waals surface area contributed by atoms with Crippen molar-refractivity contribution in [1.29, 1.82) is 0 Å². The molecule has 0 spiro atoms. The van der Waals surface area contributed by atoms with Gasteiger partial charge in [0.05, 0.1) is 5.75 Å². The highest BCUT2D eigenvalue weighted by molar-refractivity contribution is 7.81. The Morgan fingerprint density at radius 3 is 2.65 bits per heavy atom. The molecule has 0 bridgehead atoms. The highest BCUT2D eigenvalue weighted by atomic mass is 32.1. The molecule has 0 aliphatic rings. The van der Waals surface area contributed by atoms with Crippen molar-refractivity contribution in [2.24, 2.45) is 0 Å². The summed E-state index contributed by atoms with van der Waals surface area (Å²) in [5.74, 6) is 0.346. The van der Waals surface area contributed by atoms with Crippen LogP contribution in [-0.2, 0) is 0 Å². The molecule has 0 saturated carbocycles. The second-order valence-corrected chi connectivity index (χ2v) is 5.23. The molecule has 84 valence electrons. The van der Waals surface area contributed by atoms with Crippen molar-refractivity contribution in [3.63, 3.8) is 0 Å². The van der Waals surface area contributed by atoms with Gasteiger partial charge in [-0.3, -0.25) is 4.79 Å². The fourth-order valence-electron chi connectivity index (χ4n) is 2.05. The fraction of sp³-hybridized carbons (Fsp3) is 0.0714. The predicted molar refractivity (Wildman–Crippen MR) is 77.5 cm³/mol. The summed E-state index contributed by atoms with van der Waals surface area (Å²) in [5, 5.41) is 2.39. The van der Waals surface area contributed by atoms with Gasteiger partial charge in [-0.05, 0) is 12.1 Å². The lowest BCUT2D eigenvalue weighted by atomic mass is 10.1. The van der Waals surface area contributed by atoms with Gasteiger partial charge in [-0.1, -0.05) is 30.3 Å². The lowest BCUT2D eigenvalue weighted by molar-refractivity contribution is 0.102. The molecule has 0 unspecified atom stereocenters. The minimum atomic E-state index is 0.0884. The summed E-state index contributed by atoms with van der Waals surface area (Å²) in [7, 11) is 0. The number of ketones is 1. The zero-order valence-corrected chi connectivity index (χ0v) is 10.7. The van der Waals surface area contributed by atoms with Crippen molar-refractivity contribution in [3.8, 4) is 0 Å². The van der Waals surface area contributed by atoms with E-state index in [1.54, 1.807) is 11.3 Å². The second kappa shape index (κ2) is 4.17. The van der Waals surface area contributed by atoms with Gasteiger partial charge in [-0.15, -0.1) is 11.3 Å². The van der Waals surface area contributed by atoms with Gasteiger partial charge in [-0.2, -0.15) is 12.6 Å². The molecule has 0 aliphatic carbocycles. The average molecular weight is 258 g/mol. The smallest absolute Gasteiger partial charge is 0.173 e. The molecule has 17 heavy (non-hydrogen) atoms.